The maximum atomic E-state index is 12.6. The molecule has 1 aromatic rings. The normalized spacial score (nSPS) is 16.3. The number of nitrogens with zero attached hydrogens (tertiary/aromatic N) is 3. The number of hydrogen-bond acceptors (Lipinski definition) is 3. The second-order valence-electron chi connectivity index (χ2n) is 6.07. The molecule has 1 amide bonds. The van der Waals surface area contributed by atoms with Crippen LogP contribution in [0, 0.1) is 11.3 Å². The highest BCUT2D eigenvalue weighted by molar-refractivity contribution is 5.88. The molecule has 4 nitrogen and oxygen atoms in total. The van der Waals surface area contributed by atoms with Gasteiger partial charge in [0.25, 0.3) is 0 Å². The molecule has 4 heteroatoms. The van der Waals surface area contributed by atoms with Gasteiger partial charge in [0.1, 0.15) is 5.54 Å². The van der Waals surface area contributed by atoms with E-state index in [0.717, 1.165) is 24.8 Å². The summed E-state index contributed by atoms with van der Waals surface area (Å²) in [5, 5.41) is 9.57. The minimum atomic E-state index is -0.630. The van der Waals surface area contributed by atoms with E-state index < -0.39 is 5.54 Å². The number of carbonyl (C=O) groups excluding carboxylic acids is 1. The van der Waals surface area contributed by atoms with E-state index in [4.69, 9.17) is 0 Å². The Balaban J connectivity index is 2.17. The number of carbonyl (C=O) groups is 1. The number of rotatable bonds is 6. The molecule has 22 heavy (non-hydrogen) atoms. The van der Waals surface area contributed by atoms with Crippen LogP contribution in [0.25, 0.3) is 0 Å². The van der Waals surface area contributed by atoms with Gasteiger partial charge in [-0.1, -0.05) is 36.4 Å². The fraction of sp³-hybridized carbons (Fsp3) is 0.444. The standard InChI is InChI=1S/C18H23N3O/c1-20(2)13-6-10-17(22)21(18(15-19)11-7-12-18)14-16-8-4-3-5-9-16/h3-6,8-10H,7,11-14H2,1-2H3/b10-6+. The number of likely N-dealkylation sites (N-methyl/N-ethyl adjacent to an activating group) is 1. The van der Waals surface area contributed by atoms with Crippen LogP contribution in [-0.2, 0) is 11.3 Å². The van der Waals surface area contributed by atoms with Crippen LogP contribution < -0.4 is 0 Å². The molecule has 1 aromatic carbocycles. The van der Waals surface area contributed by atoms with Crippen molar-refractivity contribution in [3.8, 4) is 6.07 Å². The van der Waals surface area contributed by atoms with Crippen molar-refractivity contribution in [2.45, 2.75) is 31.3 Å². The Kier molecular flexibility index (Phi) is 5.35. The van der Waals surface area contributed by atoms with Crippen LogP contribution in [0.1, 0.15) is 24.8 Å². The number of amides is 1. The average molecular weight is 297 g/mol. The van der Waals surface area contributed by atoms with E-state index in [0.29, 0.717) is 13.1 Å². The van der Waals surface area contributed by atoms with E-state index in [2.05, 4.69) is 6.07 Å². The van der Waals surface area contributed by atoms with E-state index >= 15 is 0 Å². The fourth-order valence-corrected chi connectivity index (χ4v) is 2.61. The lowest BCUT2D eigenvalue weighted by Crippen LogP contribution is -2.54. The lowest BCUT2D eigenvalue weighted by Gasteiger charge is -2.44. The third-order valence-corrected chi connectivity index (χ3v) is 4.09. The van der Waals surface area contributed by atoms with Gasteiger partial charge >= 0.3 is 0 Å². The predicted molar refractivity (Wildman–Crippen MR) is 86.9 cm³/mol. The first-order valence-electron chi connectivity index (χ1n) is 7.65. The third-order valence-electron chi connectivity index (χ3n) is 4.09. The monoisotopic (exact) mass is 297 g/mol. The number of benzene rings is 1. The molecule has 0 N–H and O–H groups in total. The number of nitriles is 1. The molecule has 2 rings (SSSR count). The predicted octanol–water partition coefficient (Wildman–Crippen LogP) is 2.58. The van der Waals surface area contributed by atoms with Gasteiger partial charge in [-0.3, -0.25) is 4.79 Å². The molecule has 0 bridgehead atoms. The Morgan fingerprint density at radius 1 is 1.32 bits per heavy atom. The van der Waals surface area contributed by atoms with Crippen molar-refractivity contribution < 1.29 is 4.79 Å². The molecule has 0 unspecified atom stereocenters. The van der Waals surface area contributed by atoms with Gasteiger partial charge in [0, 0.05) is 19.2 Å². The first kappa shape index (κ1) is 16.3. The van der Waals surface area contributed by atoms with Gasteiger partial charge in [-0.05, 0) is 38.9 Å². The molecular formula is C18H23N3O. The Morgan fingerprint density at radius 2 is 2.00 bits per heavy atom. The van der Waals surface area contributed by atoms with E-state index in [1.54, 1.807) is 11.0 Å². The molecule has 1 fully saturated rings. The summed E-state index contributed by atoms with van der Waals surface area (Å²) in [4.78, 5) is 16.3. The SMILES string of the molecule is CN(C)C/C=C/C(=O)N(Cc1ccccc1)C1(C#N)CCC1. The summed E-state index contributed by atoms with van der Waals surface area (Å²) in [6.45, 7) is 1.20. The maximum absolute atomic E-state index is 12.6. The maximum Gasteiger partial charge on any atom is 0.247 e. The first-order valence-corrected chi connectivity index (χ1v) is 7.65. The van der Waals surface area contributed by atoms with Gasteiger partial charge in [-0.2, -0.15) is 5.26 Å². The van der Waals surface area contributed by atoms with Crippen LogP contribution in [0.2, 0.25) is 0 Å². The molecule has 0 aliphatic heterocycles. The molecule has 1 aliphatic carbocycles. The summed E-state index contributed by atoms with van der Waals surface area (Å²) in [6, 6.07) is 12.2. The van der Waals surface area contributed by atoms with Gasteiger partial charge in [-0.25, -0.2) is 0 Å². The molecule has 0 radical (unpaired) electrons. The van der Waals surface area contributed by atoms with Crippen molar-refractivity contribution in [2.75, 3.05) is 20.6 Å². The van der Waals surface area contributed by atoms with Crippen molar-refractivity contribution in [2.24, 2.45) is 0 Å². The molecule has 0 heterocycles. The van der Waals surface area contributed by atoms with Crippen LogP contribution in [0.5, 0.6) is 0 Å². The fourth-order valence-electron chi connectivity index (χ4n) is 2.61. The molecule has 0 atom stereocenters. The molecule has 1 saturated carbocycles. The second kappa shape index (κ2) is 7.24. The smallest absolute Gasteiger partial charge is 0.247 e. The third kappa shape index (κ3) is 3.75. The Bertz CT molecular complexity index is 568. The minimum absolute atomic E-state index is 0.0769. The van der Waals surface area contributed by atoms with Crippen molar-refractivity contribution in [1.29, 1.82) is 5.26 Å². The van der Waals surface area contributed by atoms with Gasteiger partial charge in [0.2, 0.25) is 5.91 Å². The zero-order chi connectivity index (χ0) is 16.0. The summed E-state index contributed by atoms with van der Waals surface area (Å²) in [5.74, 6) is -0.0769. The van der Waals surface area contributed by atoms with E-state index in [1.807, 2.05) is 55.4 Å². The zero-order valence-electron chi connectivity index (χ0n) is 13.3. The first-order chi connectivity index (χ1) is 10.6. The quantitative estimate of drug-likeness (QED) is 0.758. The van der Waals surface area contributed by atoms with E-state index in [9.17, 15) is 10.1 Å². The van der Waals surface area contributed by atoms with Crippen LogP contribution in [0.15, 0.2) is 42.5 Å². The largest absolute Gasteiger partial charge is 0.316 e. The Morgan fingerprint density at radius 3 is 2.50 bits per heavy atom. The summed E-state index contributed by atoms with van der Waals surface area (Å²) >= 11 is 0. The molecule has 1 aliphatic rings. The molecule has 0 saturated heterocycles. The average Bonchev–Trinajstić information content (AvgIpc) is 2.46. The molecule has 0 spiro atoms. The summed E-state index contributed by atoms with van der Waals surface area (Å²) < 4.78 is 0. The topological polar surface area (TPSA) is 47.3 Å². The van der Waals surface area contributed by atoms with Crippen molar-refractivity contribution in [1.82, 2.24) is 9.80 Å². The van der Waals surface area contributed by atoms with Gasteiger partial charge < -0.3 is 9.80 Å². The van der Waals surface area contributed by atoms with E-state index in [-0.39, 0.29) is 5.91 Å². The highest BCUT2D eigenvalue weighted by Gasteiger charge is 2.44. The number of hydrogen-bond donors (Lipinski definition) is 0. The summed E-state index contributed by atoms with van der Waals surface area (Å²) in [6.07, 6.45) is 5.99. The molecular weight excluding hydrogens is 274 g/mol. The van der Waals surface area contributed by atoms with Gasteiger partial charge in [-0.15, -0.1) is 0 Å². The molecule has 116 valence electrons. The van der Waals surface area contributed by atoms with Crippen molar-refractivity contribution in [3.05, 3.63) is 48.0 Å². The highest BCUT2D eigenvalue weighted by atomic mass is 16.2. The summed E-state index contributed by atoms with van der Waals surface area (Å²) in [7, 11) is 3.92. The Hall–Kier alpha value is -2.12. The highest BCUT2D eigenvalue weighted by Crippen LogP contribution is 2.38. The van der Waals surface area contributed by atoms with Crippen LogP contribution >= 0.6 is 0 Å². The van der Waals surface area contributed by atoms with Crippen LogP contribution in [0.3, 0.4) is 0 Å². The minimum Gasteiger partial charge on any atom is -0.316 e. The zero-order valence-corrected chi connectivity index (χ0v) is 13.3. The molecule has 0 aromatic heterocycles. The summed E-state index contributed by atoms with van der Waals surface area (Å²) in [5.41, 5.74) is 0.424. The van der Waals surface area contributed by atoms with Crippen molar-refractivity contribution >= 4 is 5.91 Å². The van der Waals surface area contributed by atoms with E-state index in [1.165, 1.54) is 0 Å². The lowest BCUT2D eigenvalue weighted by molar-refractivity contribution is -0.134. The van der Waals surface area contributed by atoms with Crippen molar-refractivity contribution in [3.63, 3.8) is 0 Å². The Labute approximate surface area is 132 Å². The van der Waals surface area contributed by atoms with Gasteiger partial charge in [0.05, 0.1) is 6.07 Å². The second-order valence-corrected chi connectivity index (χ2v) is 6.07. The van der Waals surface area contributed by atoms with Gasteiger partial charge in [0.15, 0.2) is 0 Å². The van der Waals surface area contributed by atoms with Crippen LogP contribution in [-0.4, -0.2) is 41.9 Å². The lowest BCUT2D eigenvalue weighted by atomic mass is 9.76. The van der Waals surface area contributed by atoms with Crippen LogP contribution in [0.4, 0.5) is 0 Å².